The lowest BCUT2D eigenvalue weighted by molar-refractivity contribution is -0.137. The molecule has 0 spiro atoms. The Labute approximate surface area is 154 Å². The number of hydrogen-bond acceptors (Lipinski definition) is 4. The lowest BCUT2D eigenvalue weighted by Crippen LogP contribution is -2.45. The van der Waals surface area contributed by atoms with Gasteiger partial charge in [0.1, 0.15) is 5.75 Å². The number of benzene rings is 1. The molecule has 27 heavy (non-hydrogen) atoms. The van der Waals surface area contributed by atoms with Gasteiger partial charge in [0, 0.05) is 31.5 Å². The minimum absolute atomic E-state index is 0.0212. The summed E-state index contributed by atoms with van der Waals surface area (Å²) >= 11 is 0. The number of rotatable bonds is 5. The van der Waals surface area contributed by atoms with Gasteiger partial charge in [-0.3, -0.25) is 9.59 Å². The van der Waals surface area contributed by atoms with E-state index < -0.39 is 17.6 Å². The molecule has 2 N–H and O–H groups in total. The van der Waals surface area contributed by atoms with Crippen LogP contribution >= 0.6 is 0 Å². The monoisotopic (exact) mass is 386 g/mol. The molecule has 9 heteroatoms. The third-order valence-corrected chi connectivity index (χ3v) is 4.63. The van der Waals surface area contributed by atoms with Gasteiger partial charge in [-0.2, -0.15) is 13.2 Å². The SMILES string of the molecule is O=C1CC(NC(=O)c2ccc(C(F)(F)F)cc2OCC2CCOC2)CCN1. The molecule has 148 valence electrons. The predicted molar refractivity (Wildman–Crippen MR) is 89.4 cm³/mol. The Kier molecular flexibility index (Phi) is 5.88. The van der Waals surface area contributed by atoms with Crippen molar-refractivity contribution in [3.8, 4) is 5.75 Å². The molecule has 2 atom stereocenters. The smallest absolute Gasteiger partial charge is 0.416 e. The second-order valence-electron chi connectivity index (χ2n) is 6.76. The topological polar surface area (TPSA) is 76.7 Å². The Bertz CT molecular complexity index is 702. The molecular formula is C18H21F3N2O4. The van der Waals surface area contributed by atoms with E-state index in [1.165, 1.54) is 0 Å². The Hall–Kier alpha value is -2.29. The van der Waals surface area contributed by atoms with Gasteiger partial charge in [0.2, 0.25) is 5.91 Å². The molecule has 0 aromatic heterocycles. The van der Waals surface area contributed by atoms with E-state index in [2.05, 4.69) is 10.6 Å². The molecule has 2 heterocycles. The highest BCUT2D eigenvalue weighted by atomic mass is 19.4. The Morgan fingerprint density at radius 3 is 2.81 bits per heavy atom. The summed E-state index contributed by atoms with van der Waals surface area (Å²) in [5.41, 5.74) is -0.860. The molecule has 2 aliphatic rings. The summed E-state index contributed by atoms with van der Waals surface area (Å²) in [6.07, 6.45) is -3.07. The average Bonchev–Trinajstić information content (AvgIpc) is 3.12. The van der Waals surface area contributed by atoms with Crippen molar-refractivity contribution in [2.45, 2.75) is 31.5 Å². The van der Waals surface area contributed by atoms with E-state index in [4.69, 9.17) is 9.47 Å². The molecule has 3 rings (SSSR count). The fraction of sp³-hybridized carbons (Fsp3) is 0.556. The second-order valence-corrected chi connectivity index (χ2v) is 6.76. The highest BCUT2D eigenvalue weighted by Crippen LogP contribution is 2.33. The van der Waals surface area contributed by atoms with Gasteiger partial charge in [-0.05, 0) is 31.0 Å². The number of alkyl halides is 3. The van der Waals surface area contributed by atoms with Crippen LogP contribution in [0, 0.1) is 5.92 Å². The molecule has 0 bridgehead atoms. The average molecular weight is 386 g/mol. The number of carbonyl (C=O) groups is 2. The maximum Gasteiger partial charge on any atom is 0.416 e. The van der Waals surface area contributed by atoms with E-state index in [-0.39, 0.29) is 42.2 Å². The van der Waals surface area contributed by atoms with E-state index >= 15 is 0 Å². The zero-order chi connectivity index (χ0) is 19.4. The third kappa shape index (κ3) is 5.12. The van der Waals surface area contributed by atoms with Gasteiger partial charge in [0.15, 0.2) is 0 Å². The van der Waals surface area contributed by atoms with Crippen LogP contribution in [0.4, 0.5) is 13.2 Å². The van der Waals surface area contributed by atoms with Gasteiger partial charge in [-0.15, -0.1) is 0 Å². The van der Waals surface area contributed by atoms with Crippen LogP contribution in [0.5, 0.6) is 5.75 Å². The van der Waals surface area contributed by atoms with E-state index in [0.29, 0.717) is 26.2 Å². The Morgan fingerprint density at radius 2 is 2.15 bits per heavy atom. The normalized spacial score (nSPS) is 23.0. The van der Waals surface area contributed by atoms with Crippen LogP contribution in [0.15, 0.2) is 18.2 Å². The minimum atomic E-state index is -4.54. The van der Waals surface area contributed by atoms with Gasteiger partial charge in [0.05, 0.1) is 24.3 Å². The van der Waals surface area contributed by atoms with Gasteiger partial charge in [-0.1, -0.05) is 0 Å². The van der Waals surface area contributed by atoms with E-state index in [9.17, 15) is 22.8 Å². The van der Waals surface area contributed by atoms with Crippen LogP contribution in [0.2, 0.25) is 0 Å². The lowest BCUT2D eigenvalue weighted by Gasteiger charge is -2.24. The molecule has 6 nitrogen and oxygen atoms in total. The van der Waals surface area contributed by atoms with Crippen LogP contribution in [0.3, 0.4) is 0 Å². The summed E-state index contributed by atoms with van der Waals surface area (Å²) in [5.74, 6) is -0.759. The van der Waals surface area contributed by atoms with Crippen LogP contribution in [0.1, 0.15) is 35.2 Å². The summed E-state index contributed by atoms with van der Waals surface area (Å²) in [5, 5.41) is 5.37. The molecule has 2 fully saturated rings. The molecule has 0 saturated carbocycles. The number of carbonyl (C=O) groups excluding carboxylic acids is 2. The van der Waals surface area contributed by atoms with Gasteiger partial charge in [0.25, 0.3) is 5.91 Å². The van der Waals surface area contributed by atoms with Crippen molar-refractivity contribution in [3.05, 3.63) is 29.3 Å². The summed E-state index contributed by atoms with van der Waals surface area (Å²) < 4.78 is 49.9. The van der Waals surface area contributed by atoms with Gasteiger partial charge in [-0.25, -0.2) is 0 Å². The van der Waals surface area contributed by atoms with Crippen LogP contribution < -0.4 is 15.4 Å². The largest absolute Gasteiger partial charge is 0.492 e. The fourth-order valence-corrected chi connectivity index (χ4v) is 3.10. The van der Waals surface area contributed by atoms with Crippen LogP contribution in [-0.4, -0.2) is 44.2 Å². The molecule has 2 saturated heterocycles. The summed E-state index contributed by atoms with van der Waals surface area (Å²) in [6, 6.07) is 2.46. The number of amides is 2. The Morgan fingerprint density at radius 1 is 1.33 bits per heavy atom. The number of hydrogen-bond donors (Lipinski definition) is 2. The van der Waals surface area contributed by atoms with E-state index in [1.807, 2.05) is 0 Å². The van der Waals surface area contributed by atoms with Crippen molar-refractivity contribution in [1.82, 2.24) is 10.6 Å². The van der Waals surface area contributed by atoms with Crippen molar-refractivity contribution in [2.75, 3.05) is 26.4 Å². The van der Waals surface area contributed by atoms with Gasteiger partial charge >= 0.3 is 6.18 Å². The maximum atomic E-state index is 13.0. The predicted octanol–water partition coefficient (Wildman–Crippen LogP) is 2.13. The second kappa shape index (κ2) is 8.16. The van der Waals surface area contributed by atoms with Crippen molar-refractivity contribution >= 4 is 11.8 Å². The third-order valence-electron chi connectivity index (χ3n) is 4.63. The fourth-order valence-electron chi connectivity index (χ4n) is 3.10. The molecule has 1 aromatic carbocycles. The minimum Gasteiger partial charge on any atom is -0.492 e. The molecular weight excluding hydrogens is 365 g/mol. The zero-order valence-corrected chi connectivity index (χ0v) is 14.6. The number of halogens is 3. The van der Waals surface area contributed by atoms with Crippen molar-refractivity contribution in [1.29, 1.82) is 0 Å². The standard InChI is InChI=1S/C18H21F3N2O4/c19-18(20,21)12-1-2-14(15(7-12)27-10-11-4-6-26-9-11)17(25)23-13-3-5-22-16(24)8-13/h1-2,7,11,13H,3-6,8-10H2,(H,22,24)(H,23,25). The molecule has 2 aliphatic heterocycles. The molecule has 1 aromatic rings. The molecule has 2 unspecified atom stereocenters. The zero-order valence-electron chi connectivity index (χ0n) is 14.6. The first-order chi connectivity index (χ1) is 12.8. The first-order valence-electron chi connectivity index (χ1n) is 8.82. The van der Waals surface area contributed by atoms with E-state index in [0.717, 1.165) is 24.6 Å². The lowest BCUT2D eigenvalue weighted by atomic mass is 10.0. The molecule has 0 radical (unpaired) electrons. The van der Waals surface area contributed by atoms with Crippen molar-refractivity contribution < 1.29 is 32.2 Å². The summed E-state index contributed by atoms with van der Waals surface area (Å²) in [4.78, 5) is 24.0. The molecule has 2 amide bonds. The summed E-state index contributed by atoms with van der Waals surface area (Å²) in [7, 11) is 0. The highest BCUT2D eigenvalue weighted by molar-refractivity contribution is 5.97. The van der Waals surface area contributed by atoms with Crippen molar-refractivity contribution in [3.63, 3.8) is 0 Å². The highest BCUT2D eigenvalue weighted by Gasteiger charge is 2.32. The van der Waals surface area contributed by atoms with Gasteiger partial charge < -0.3 is 20.1 Å². The van der Waals surface area contributed by atoms with E-state index in [1.54, 1.807) is 0 Å². The maximum absolute atomic E-state index is 13.0. The summed E-state index contributed by atoms with van der Waals surface area (Å²) in [6.45, 7) is 1.70. The number of piperidine rings is 1. The Balaban J connectivity index is 1.76. The first kappa shape index (κ1) is 19.5. The number of ether oxygens (including phenoxy) is 2. The van der Waals surface area contributed by atoms with Crippen LogP contribution in [-0.2, 0) is 15.7 Å². The first-order valence-corrected chi connectivity index (χ1v) is 8.82. The molecule has 0 aliphatic carbocycles. The van der Waals surface area contributed by atoms with Crippen LogP contribution in [0.25, 0.3) is 0 Å². The number of nitrogens with one attached hydrogen (secondary N) is 2. The van der Waals surface area contributed by atoms with Crippen molar-refractivity contribution in [2.24, 2.45) is 5.92 Å². The quantitative estimate of drug-likeness (QED) is 0.813.